The average molecular weight is 591 g/mol. The summed E-state index contributed by atoms with van der Waals surface area (Å²) in [5.41, 5.74) is 1.26. The van der Waals surface area contributed by atoms with Gasteiger partial charge in [-0.2, -0.15) is 0 Å². The SMILES string of the molecule is CC.CC.CC(C)C.CC(C)CCC(C)C1CCC2C3C(C)CC4CC(C)CCC4(C)C3CC(C)C12C.CCCCC. The molecule has 0 aromatic carbocycles. The minimum atomic E-state index is 0.608. The van der Waals surface area contributed by atoms with Crippen molar-refractivity contribution in [3.63, 3.8) is 0 Å². The Hall–Kier alpha value is 0. The summed E-state index contributed by atoms with van der Waals surface area (Å²) in [5, 5.41) is 0. The Kier molecular flexibility index (Phi) is 20.2. The first-order chi connectivity index (χ1) is 19.7. The van der Waals surface area contributed by atoms with Crippen molar-refractivity contribution in [2.75, 3.05) is 0 Å². The molecule has 0 aromatic rings. The second-order valence-electron chi connectivity index (χ2n) is 16.8. The molecule has 0 spiro atoms. The number of fused-ring (bicyclic) bond motifs is 5. The Morgan fingerprint density at radius 3 is 1.71 bits per heavy atom. The van der Waals surface area contributed by atoms with E-state index in [1.165, 1.54) is 70.6 Å². The molecule has 0 aliphatic heterocycles. The Labute approximate surface area is 270 Å². The topological polar surface area (TPSA) is 0 Å². The Morgan fingerprint density at radius 2 is 1.24 bits per heavy atom. The van der Waals surface area contributed by atoms with Crippen molar-refractivity contribution in [1.29, 1.82) is 0 Å². The highest BCUT2D eigenvalue weighted by Crippen LogP contribution is 2.71. The molecule has 0 saturated heterocycles. The van der Waals surface area contributed by atoms with E-state index in [1.54, 1.807) is 6.42 Å². The van der Waals surface area contributed by atoms with E-state index >= 15 is 0 Å². The molecule has 4 aliphatic carbocycles. The zero-order valence-electron chi connectivity index (χ0n) is 32.8. The van der Waals surface area contributed by atoms with Crippen LogP contribution in [0.1, 0.15) is 195 Å². The summed E-state index contributed by atoms with van der Waals surface area (Å²) in [4.78, 5) is 0. The van der Waals surface area contributed by atoms with Crippen LogP contribution in [0.25, 0.3) is 0 Å². The van der Waals surface area contributed by atoms with Crippen LogP contribution < -0.4 is 0 Å². The fourth-order valence-electron chi connectivity index (χ4n) is 10.3. The molecule has 0 amide bonds. The third-order valence-electron chi connectivity index (χ3n) is 12.5. The van der Waals surface area contributed by atoms with Crippen LogP contribution in [-0.2, 0) is 0 Å². The van der Waals surface area contributed by atoms with Gasteiger partial charge in [0, 0.05) is 0 Å². The van der Waals surface area contributed by atoms with Crippen LogP contribution in [0.3, 0.4) is 0 Å². The molecule has 0 N–H and O–H groups in total. The fourth-order valence-corrected chi connectivity index (χ4v) is 10.3. The summed E-state index contributed by atoms with van der Waals surface area (Å²) >= 11 is 0. The van der Waals surface area contributed by atoms with Gasteiger partial charge >= 0.3 is 0 Å². The molecule has 0 heteroatoms. The molecule has 4 aliphatic rings. The minimum Gasteiger partial charge on any atom is -0.0683 e. The Bertz CT molecular complexity index is 656. The van der Waals surface area contributed by atoms with Gasteiger partial charge in [-0.15, -0.1) is 0 Å². The Balaban J connectivity index is 0.00000111. The maximum Gasteiger partial charge on any atom is -0.0238 e. The molecule has 4 saturated carbocycles. The summed E-state index contributed by atoms with van der Waals surface area (Å²) in [6, 6.07) is 0. The highest BCUT2D eigenvalue weighted by atomic mass is 14.7. The highest BCUT2D eigenvalue weighted by molar-refractivity contribution is 5.12. The molecule has 254 valence electrons. The number of hydrogen-bond donors (Lipinski definition) is 0. The van der Waals surface area contributed by atoms with Gasteiger partial charge in [-0.1, -0.05) is 156 Å². The van der Waals surface area contributed by atoms with Gasteiger partial charge in [0.2, 0.25) is 0 Å². The van der Waals surface area contributed by atoms with Crippen molar-refractivity contribution in [3.8, 4) is 0 Å². The average Bonchev–Trinajstić information content (AvgIpc) is 3.30. The molecule has 11 atom stereocenters. The van der Waals surface area contributed by atoms with Gasteiger partial charge in [0.25, 0.3) is 0 Å². The van der Waals surface area contributed by atoms with Gasteiger partial charge in [0.05, 0.1) is 0 Å². The second kappa shape index (κ2) is 20.2. The molecule has 0 heterocycles. The maximum absolute atomic E-state index is 2.77. The summed E-state index contributed by atoms with van der Waals surface area (Å²) < 4.78 is 0. The number of rotatable bonds is 6. The van der Waals surface area contributed by atoms with Crippen molar-refractivity contribution in [3.05, 3.63) is 0 Å². The molecule has 11 unspecified atom stereocenters. The standard InChI is InChI=1S/C29H52.C5H12.C4H10.2C2H6/c1-18(2)9-10-20(4)24-11-12-25-27-21(5)16-23-15-19(3)13-14-28(23,7)26(27)17-22(6)29(24,25)8;1-3-5-4-2;1-4(2)3;2*1-2/h18-27H,9-17H2,1-8H3;3-5H2,1-2H3;4H,1-3H3;2*1-2H3. The van der Waals surface area contributed by atoms with Gasteiger partial charge < -0.3 is 0 Å². The van der Waals surface area contributed by atoms with Crippen LogP contribution >= 0.6 is 0 Å². The van der Waals surface area contributed by atoms with Crippen LogP contribution in [0.2, 0.25) is 0 Å². The van der Waals surface area contributed by atoms with E-state index in [9.17, 15) is 0 Å². The molecule has 42 heavy (non-hydrogen) atoms. The number of unbranched alkanes of at least 4 members (excludes halogenated alkanes) is 2. The van der Waals surface area contributed by atoms with Crippen LogP contribution in [0.15, 0.2) is 0 Å². The molecule has 0 nitrogen and oxygen atoms in total. The molecule has 4 fully saturated rings. The van der Waals surface area contributed by atoms with Gasteiger partial charge in [0.1, 0.15) is 0 Å². The van der Waals surface area contributed by atoms with Crippen molar-refractivity contribution in [2.24, 2.45) is 75.9 Å². The molecule has 0 aromatic heterocycles. The van der Waals surface area contributed by atoms with Crippen LogP contribution in [0.5, 0.6) is 0 Å². The minimum absolute atomic E-state index is 0.608. The van der Waals surface area contributed by atoms with E-state index in [-0.39, 0.29) is 0 Å². The molecule has 0 bridgehead atoms. The van der Waals surface area contributed by atoms with E-state index in [0.717, 1.165) is 65.1 Å². The van der Waals surface area contributed by atoms with Crippen LogP contribution in [-0.4, -0.2) is 0 Å². The number of hydrogen-bond acceptors (Lipinski definition) is 0. The molecular formula is C42H86. The Morgan fingerprint density at radius 1 is 0.690 bits per heavy atom. The summed E-state index contributed by atoms with van der Waals surface area (Å²) in [6.07, 6.45) is 17.6. The van der Waals surface area contributed by atoms with E-state index in [0.29, 0.717) is 10.8 Å². The monoisotopic (exact) mass is 591 g/mol. The van der Waals surface area contributed by atoms with Crippen LogP contribution in [0, 0.1) is 75.9 Å². The second-order valence-corrected chi connectivity index (χ2v) is 16.8. The normalized spacial score (nSPS) is 38.9. The first kappa shape index (κ1) is 42.0. The van der Waals surface area contributed by atoms with Crippen molar-refractivity contribution in [2.45, 2.75) is 195 Å². The zero-order valence-corrected chi connectivity index (χ0v) is 32.8. The first-order valence-electron chi connectivity index (χ1n) is 19.7. The molecule has 4 rings (SSSR count). The highest BCUT2D eigenvalue weighted by Gasteiger charge is 2.64. The van der Waals surface area contributed by atoms with E-state index in [1.807, 2.05) is 27.7 Å². The van der Waals surface area contributed by atoms with Gasteiger partial charge in [-0.25, -0.2) is 0 Å². The maximum atomic E-state index is 2.77. The summed E-state index contributed by atoms with van der Waals surface area (Å²) in [6.45, 7) is 39.7. The fraction of sp³-hybridized carbons (Fsp3) is 1.00. The van der Waals surface area contributed by atoms with Crippen molar-refractivity contribution in [1.82, 2.24) is 0 Å². The van der Waals surface area contributed by atoms with E-state index in [4.69, 9.17) is 0 Å². The molecular weight excluding hydrogens is 504 g/mol. The van der Waals surface area contributed by atoms with Gasteiger partial charge in [-0.05, 0) is 114 Å². The van der Waals surface area contributed by atoms with Crippen LogP contribution in [0.4, 0.5) is 0 Å². The lowest BCUT2D eigenvalue weighted by atomic mass is 9.40. The van der Waals surface area contributed by atoms with Gasteiger partial charge in [0.15, 0.2) is 0 Å². The predicted molar refractivity (Wildman–Crippen MR) is 195 cm³/mol. The third kappa shape index (κ3) is 10.5. The summed E-state index contributed by atoms with van der Waals surface area (Å²) in [7, 11) is 0. The lowest BCUT2D eigenvalue weighted by Gasteiger charge is -2.65. The quantitative estimate of drug-likeness (QED) is 0.288. The zero-order chi connectivity index (χ0) is 32.8. The van der Waals surface area contributed by atoms with Crippen molar-refractivity contribution >= 4 is 0 Å². The lowest BCUT2D eigenvalue weighted by molar-refractivity contribution is -0.162. The smallest absolute Gasteiger partial charge is 0.0238 e. The van der Waals surface area contributed by atoms with E-state index in [2.05, 4.69) is 90.0 Å². The lowest BCUT2D eigenvalue weighted by Crippen LogP contribution is -2.58. The van der Waals surface area contributed by atoms with E-state index < -0.39 is 0 Å². The van der Waals surface area contributed by atoms with Crippen molar-refractivity contribution < 1.29 is 0 Å². The first-order valence-corrected chi connectivity index (χ1v) is 19.7. The summed E-state index contributed by atoms with van der Waals surface area (Å²) in [5.74, 6) is 10.5. The predicted octanol–water partition coefficient (Wildman–Crippen LogP) is 14.8. The molecule has 0 radical (unpaired) electrons. The third-order valence-corrected chi connectivity index (χ3v) is 12.5. The largest absolute Gasteiger partial charge is 0.0683 e. The van der Waals surface area contributed by atoms with Gasteiger partial charge in [-0.3, -0.25) is 0 Å².